The van der Waals surface area contributed by atoms with Crippen molar-refractivity contribution in [3.8, 4) is 11.1 Å². The van der Waals surface area contributed by atoms with E-state index in [-0.39, 0.29) is 25.0 Å². The second-order valence-corrected chi connectivity index (χ2v) is 9.41. The quantitative estimate of drug-likeness (QED) is 0.633. The fourth-order valence-corrected chi connectivity index (χ4v) is 5.48. The van der Waals surface area contributed by atoms with Crippen molar-refractivity contribution in [1.29, 1.82) is 0 Å². The smallest absolute Gasteiger partial charge is 0.407 e. The summed E-state index contributed by atoms with van der Waals surface area (Å²) in [5.41, 5.74) is 3.82. The second-order valence-electron chi connectivity index (χ2n) is 9.41. The van der Waals surface area contributed by atoms with Crippen molar-refractivity contribution in [3.63, 3.8) is 0 Å². The Morgan fingerprint density at radius 3 is 2.26 bits per heavy atom. The number of rotatable bonds is 7. The van der Waals surface area contributed by atoms with Crippen LogP contribution in [0.15, 0.2) is 48.5 Å². The molecule has 2 atom stereocenters. The van der Waals surface area contributed by atoms with E-state index in [1.807, 2.05) is 31.2 Å². The minimum atomic E-state index is -1.04. The molecule has 1 fully saturated rings. The lowest BCUT2D eigenvalue weighted by atomic mass is 9.73. The van der Waals surface area contributed by atoms with Gasteiger partial charge in [0.05, 0.1) is 11.5 Å². The number of ether oxygens (including phenoxy) is 1. The minimum Gasteiger partial charge on any atom is -0.480 e. The van der Waals surface area contributed by atoms with E-state index in [0.717, 1.165) is 35.1 Å². The number of fused-ring (bicyclic) bond motifs is 3. The lowest BCUT2D eigenvalue weighted by molar-refractivity contribution is -0.148. The van der Waals surface area contributed by atoms with Crippen LogP contribution < -0.4 is 5.32 Å². The van der Waals surface area contributed by atoms with Crippen molar-refractivity contribution in [2.75, 3.05) is 19.7 Å². The van der Waals surface area contributed by atoms with Crippen LogP contribution in [0.1, 0.15) is 56.6 Å². The largest absolute Gasteiger partial charge is 0.480 e. The van der Waals surface area contributed by atoms with Crippen LogP contribution in [0.3, 0.4) is 0 Å². The number of likely N-dealkylation sites (N-methyl/N-ethyl adjacent to an activating group) is 1. The summed E-state index contributed by atoms with van der Waals surface area (Å²) in [6.45, 7) is 3.80. The SMILES string of the molecule is CCN(CC(=O)O)C(=O)C1CCCCC1(C)NC(=O)OCC1c2ccccc2-c2ccccc21. The molecule has 1 saturated carbocycles. The molecule has 2 aromatic carbocycles. The standard InChI is InChI=1S/C27H32N2O5/c1-3-29(16-24(30)31)25(32)23-14-8-9-15-27(23,2)28-26(33)34-17-22-20-12-6-4-10-18(20)19-11-5-7-13-21(19)22/h4-7,10-13,22-23H,3,8-9,14-17H2,1-2H3,(H,28,33)(H,30,31). The first-order valence-corrected chi connectivity index (χ1v) is 12.0. The van der Waals surface area contributed by atoms with Gasteiger partial charge < -0.3 is 20.1 Å². The normalized spacial score (nSPS) is 21.3. The molecule has 7 nitrogen and oxygen atoms in total. The number of benzene rings is 2. The molecule has 0 aromatic heterocycles. The number of hydrogen-bond donors (Lipinski definition) is 2. The number of nitrogens with zero attached hydrogens (tertiary/aromatic N) is 1. The number of carbonyl (C=O) groups excluding carboxylic acids is 2. The van der Waals surface area contributed by atoms with Crippen molar-refractivity contribution >= 4 is 18.0 Å². The third-order valence-electron chi connectivity index (χ3n) is 7.26. The maximum atomic E-state index is 13.2. The average molecular weight is 465 g/mol. The highest BCUT2D eigenvalue weighted by Gasteiger charge is 2.44. The predicted molar refractivity (Wildman–Crippen MR) is 128 cm³/mol. The fraction of sp³-hybridized carbons (Fsp3) is 0.444. The van der Waals surface area contributed by atoms with Crippen LogP contribution in [0.4, 0.5) is 4.79 Å². The highest BCUT2D eigenvalue weighted by molar-refractivity contribution is 5.85. The first kappa shape index (κ1) is 23.8. The van der Waals surface area contributed by atoms with Gasteiger partial charge in [0, 0.05) is 12.5 Å². The van der Waals surface area contributed by atoms with Gasteiger partial charge in [0.2, 0.25) is 5.91 Å². The Kier molecular flexibility index (Phi) is 6.91. The molecule has 7 heteroatoms. The van der Waals surface area contributed by atoms with Gasteiger partial charge in [-0.2, -0.15) is 0 Å². The third-order valence-corrected chi connectivity index (χ3v) is 7.26. The van der Waals surface area contributed by atoms with Gasteiger partial charge in [-0.1, -0.05) is 61.4 Å². The van der Waals surface area contributed by atoms with Gasteiger partial charge >= 0.3 is 12.1 Å². The van der Waals surface area contributed by atoms with Crippen molar-refractivity contribution in [3.05, 3.63) is 59.7 Å². The molecule has 0 spiro atoms. The van der Waals surface area contributed by atoms with Crippen LogP contribution in [0.2, 0.25) is 0 Å². The van der Waals surface area contributed by atoms with Crippen LogP contribution in [0, 0.1) is 5.92 Å². The number of carboxylic acids is 1. The molecule has 2 aliphatic rings. The van der Waals surface area contributed by atoms with E-state index < -0.39 is 23.5 Å². The molecule has 180 valence electrons. The van der Waals surface area contributed by atoms with Crippen LogP contribution >= 0.6 is 0 Å². The molecule has 4 rings (SSSR count). The Morgan fingerprint density at radius 1 is 1.06 bits per heavy atom. The minimum absolute atomic E-state index is 0.0408. The predicted octanol–water partition coefficient (Wildman–Crippen LogP) is 4.41. The van der Waals surface area contributed by atoms with Gasteiger partial charge in [0.1, 0.15) is 13.2 Å². The number of carbonyl (C=O) groups is 3. The van der Waals surface area contributed by atoms with Gasteiger partial charge in [-0.3, -0.25) is 9.59 Å². The number of alkyl carbamates (subject to hydrolysis) is 1. The van der Waals surface area contributed by atoms with Crippen molar-refractivity contribution < 1.29 is 24.2 Å². The van der Waals surface area contributed by atoms with Gasteiger partial charge in [0.25, 0.3) is 0 Å². The van der Waals surface area contributed by atoms with E-state index in [1.165, 1.54) is 4.90 Å². The summed E-state index contributed by atoms with van der Waals surface area (Å²) in [5.74, 6) is -1.80. The number of amides is 2. The number of hydrogen-bond acceptors (Lipinski definition) is 4. The Morgan fingerprint density at radius 2 is 1.68 bits per heavy atom. The zero-order valence-corrected chi connectivity index (χ0v) is 19.8. The Balaban J connectivity index is 1.45. The molecule has 2 aliphatic carbocycles. The van der Waals surface area contributed by atoms with Gasteiger partial charge in [-0.25, -0.2) is 4.79 Å². The summed E-state index contributed by atoms with van der Waals surface area (Å²) in [5, 5.41) is 12.1. The van der Waals surface area contributed by atoms with E-state index in [4.69, 9.17) is 9.84 Å². The first-order chi connectivity index (χ1) is 16.3. The van der Waals surface area contributed by atoms with Crippen molar-refractivity contribution in [2.24, 2.45) is 5.92 Å². The summed E-state index contributed by atoms with van der Waals surface area (Å²) >= 11 is 0. The van der Waals surface area contributed by atoms with E-state index in [0.29, 0.717) is 19.4 Å². The molecule has 0 bridgehead atoms. The lowest BCUT2D eigenvalue weighted by Crippen LogP contribution is -2.58. The van der Waals surface area contributed by atoms with E-state index >= 15 is 0 Å². The zero-order chi connectivity index (χ0) is 24.3. The maximum absolute atomic E-state index is 13.2. The van der Waals surface area contributed by atoms with Gasteiger partial charge in [0.15, 0.2) is 0 Å². The Labute approximate surface area is 200 Å². The molecule has 0 radical (unpaired) electrons. The van der Waals surface area contributed by atoms with Crippen LogP contribution in [0.25, 0.3) is 11.1 Å². The van der Waals surface area contributed by atoms with Crippen LogP contribution in [0.5, 0.6) is 0 Å². The molecule has 2 N–H and O–H groups in total. The Bertz CT molecular complexity index is 1040. The van der Waals surface area contributed by atoms with Crippen molar-refractivity contribution in [1.82, 2.24) is 10.2 Å². The number of aliphatic carboxylic acids is 1. The molecule has 2 amide bonds. The Hall–Kier alpha value is -3.35. The highest BCUT2D eigenvalue weighted by Crippen LogP contribution is 2.44. The summed E-state index contributed by atoms with van der Waals surface area (Å²) in [7, 11) is 0. The lowest BCUT2D eigenvalue weighted by Gasteiger charge is -2.42. The molecule has 2 aromatic rings. The highest BCUT2D eigenvalue weighted by atomic mass is 16.5. The maximum Gasteiger partial charge on any atom is 0.407 e. The number of nitrogens with one attached hydrogen (secondary N) is 1. The van der Waals surface area contributed by atoms with Gasteiger partial charge in [-0.15, -0.1) is 0 Å². The van der Waals surface area contributed by atoms with E-state index in [2.05, 4.69) is 29.6 Å². The van der Waals surface area contributed by atoms with Crippen LogP contribution in [-0.2, 0) is 14.3 Å². The van der Waals surface area contributed by atoms with E-state index in [9.17, 15) is 14.4 Å². The van der Waals surface area contributed by atoms with Crippen LogP contribution in [-0.4, -0.2) is 53.2 Å². The summed E-state index contributed by atoms with van der Waals surface area (Å²) < 4.78 is 5.72. The summed E-state index contributed by atoms with van der Waals surface area (Å²) in [6, 6.07) is 16.3. The molecule has 0 saturated heterocycles. The molecule has 2 unspecified atom stereocenters. The second kappa shape index (κ2) is 9.87. The summed E-state index contributed by atoms with van der Waals surface area (Å²) in [4.78, 5) is 38.6. The third kappa shape index (κ3) is 4.65. The monoisotopic (exact) mass is 464 g/mol. The molecule has 0 aliphatic heterocycles. The average Bonchev–Trinajstić information content (AvgIpc) is 3.14. The van der Waals surface area contributed by atoms with E-state index in [1.54, 1.807) is 6.92 Å². The topological polar surface area (TPSA) is 95.9 Å². The fourth-order valence-electron chi connectivity index (χ4n) is 5.48. The van der Waals surface area contributed by atoms with Crippen molar-refractivity contribution in [2.45, 2.75) is 51.0 Å². The molecule has 34 heavy (non-hydrogen) atoms. The summed E-state index contributed by atoms with van der Waals surface area (Å²) in [6.07, 6.45) is 2.44. The van der Waals surface area contributed by atoms with Gasteiger partial charge in [-0.05, 0) is 48.9 Å². The molecular formula is C27H32N2O5. The first-order valence-electron chi connectivity index (χ1n) is 12.0. The number of carboxylic acid groups (broad SMARTS) is 1. The molecular weight excluding hydrogens is 432 g/mol. The zero-order valence-electron chi connectivity index (χ0n) is 19.8. The molecule has 0 heterocycles.